The number of urea groups is 1. The number of nitrogens with zero attached hydrogens (tertiary/aromatic N) is 2. The molecule has 0 atom stereocenters. The number of carbonyl (C=O) groups is 2. The highest BCUT2D eigenvalue weighted by atomic mass is 32.1. The van der Waals surface area contributed by atoms with Gasteiger partial charge in [0.15, 0.2) is 5.13 Å². The van der Waals surface area contributed by atoms with Gasteiger partial charge in [-0.3, -0.25) is 15.0 Å². The topological polar surface area (TPSA) is 86.4 Å². The Morgan fingerprint density at radius 2 is 1.90 bits per heavy atom. The fourth-order valence-electron chi connectivity index (χ4n) is 2.98. The standard InChI is InChI=1S/C19H22F3N5O2S/c1-11(2)23-17(29)26-18-25-14-7-8-27(9-15(14)30-18)10-16(28)24-13-5-3-12(4-6-13)19(20,21)22/h3-6,11H,7-10H2,1-2H3,(H,24,28)(H2,23,25,26,29). The normalized spacial score (nSPS) is 14.3. The van der Waals surface area contributed by atoms with E-state index in [4.69, 9.17) is 0 Å². The minimum atomic E-state index is -4.41. The van der Waals surface area contributed by atoms with E-state index >= 15 is 0 Å². The van der Waals surface area contributed by atoms with Crippen LogP contribution in [0.15, 0.2) is 24.3 Å². The number of halogens is 3. The van der Waals surface area contributed by atoms with E-state index in [0.29, 0.717) is 30.3 Å². The number of rotatable bonds is 5. The number of hydrogen-bond donors (Lipinski definition) is 3. The van der Waals surface area contributed by atoms with E-state index < -0.39 is 11.7 Å². The van der Waals surface area contributed by atoms with E-state index in [-0.39, 0.29) is 24.5 Å². The van der Waals surface area contributed by atoms with Gasteiger partial charge in [-0.15, -0.1) is 11.3 Å². The average Bonchev–Trinajstić information content (AvgIpc) is 3.01. The van der Waals surface area contributed by atoms with Crippen LogP contribution in [0.3, 0.4) is 0 Å². The van der Waals surface area contributed by atoms with Gasteiger partial charge >= 0.3 is 12.2 Å². The molecular formula is C19H22F3N5O2S. The molecule has 7 nitrogen and oxygen atoms in total. The molecule has 2 heterocycles. The molecule has 0 aliphatic carbocycles. The zero-order valence-electron chi connectivity index (χ0n) is 16.5. The van der Waals surface area contributed by atoms with Gasteiger partial charge in [0, 0.05) is 36.1 Å². The molecule has 0 saturated heterocycles. The second kappa shape index (κ2) is 9.00. The first-order chi connectivity index (χ1) is 14.1. The number of anilines is 2. The molecule has 0 unspecified atom stereocenters. The van der Waals surface area contributed by atoms with Crippen molar-refractivity contribution in [1.82, 2.24) is 15.2 Å². The minimum absolute atomic E-state index is 0.0123. The predicted molar refractivity (Wildman–Crippen MR) is 108 cm³/mol. The molecule has 1 aromatic heterocycles. The molecule has 1 aromatic carbocycles. The summed E-state index contributed by atoms with van der Waals surface area (Å²) in [4.78, 5) is 31.4. The summed E-state index contributed by atoms with van der Waals surface area (Å²) in [6, 6.07) is 4.03. The van der Waals surface area contributed by atoms with Gasteiger partial charge in [0.2, 0.25) is 5.91 Å². The summed E-state index contributed by atoms with van der Waals surface area (Å²) < 4.78 is 37.8. The van der Waals surface area contributed by atoms with Crippen molar-refractivity contribution in [3.05, 3.63) is 40.4 Å². The van der Waals surface area contributed by atoms with Crippen LogP contribution >= 0.6 is 11.3 Å². The fraction of sp³-hybridized carbons (Fsp3) is 0.421. The Bertz CT molecular complexity index is 912. The quantitative estimate of drug-likeness (QED) is 0.661. The van der Waals surface area contributed by atoms with Crippen LogP contribution in [0, 0.1) is 0 Å². The van der Waals surface area contributed by atoms with Gasteiger partial charge in [-0.25, -0.2) is 9.78 Å². The number of aromatic nitrogens is 1. The smallest absolute Gasteiger partial charge is 0.336 e. The van der Waals surface area contributed by atoms with E-state index in [1.165, 1.54) is 23.5 Å². The van der Waals surface area contributed by atoms with E-state index in [0.717, 1.165) is 22.7 Å². The van der Waals surface area contributed by atoms with Crippen LogP contribution in [0.25, 0.3) is 0 Å². The summed E-state index contributed by atoms with van der Waals surface area (Å²) in [5, 5.41) is 8.57. The van der Waals surface area contributed by atoms with Crippen LogP contribution in [0.2, 0.25) is 0 Å². The molecule has 1 aliphatic heterocycles. The zero-order chi connectivity index (χ0) is 21.9. The molecule has 3 rings (SSSR count). The van der Waals surface area contributed by atoms with Crippen LogP contribution in [0.4, 0.5) is 28.8 Å². The Morgan fingerprint density at radius 1 is 1.20 bits per heavy atom. The van der Waals surface area contributed by atoms with Crippen molar-refractivity contribution in [2.24, 2.45) is 0 Å². The van der Waals surface area contributed by atoms with Crippen LogP contribution in [-0.2, 0) is 23.9 Å². The Kier molecular flexibility index (Phi) is 6.61. The van der Waals surface area contributed by atoms with Crippen molar-refractivity contribution >= 4 is 34.1 Å². The van der Waals surface area contributed by atoms with Crippen LogP contribution in [0.5, 0.6) is 0 Å². The Morgan fingerprint density at radius 3 is 2.53 bits per heavy atom. The highest BCUT2D eigenvalue weighted by Gasteiger charge is 2.30. The lowest BCUT2D eigenvalue weighted by molar-refractivity contribution is -0.137. The van der Waals surface area contributed by atoms with Crippen molar-refractivity contribution in [3.63, 3.8) is 0 Å². The van der Waals surface area contributed by atoms with Crippen molar-refractivity contribution < 1.29 is 22.8 Å². The number of alkyl halides is 3. The molecule has 3 N–H and O–H groups in total. The summed E-state index contributed by atoms with van der Waals surface area (Å²) >= 11 is 1.37. The van der Waals surface area contributed by atoms with Gasteiger partial charge in [0.05, 0.1) is 17.8 Å². The minimum Gasteiger partial charge on any atom is -0.336 e. The lowest BCUT2D eigenvalue weighted by Crippen LogP contribution is -2.36. The first-order valence-electron chi connectivity index (χ1n) is 9.35. The first kappa shape index (κ1) is 22.0. The Labute approximate surface area is 175 Å². The highest BCUT2D eigenvalue weighted by Crippen LogP contribution is 2.30. The van der Waals surface area contributed by atoms with E-state index in [9.17, 15) is 22.8 Å². The molecule has 2 aromatic rings. The van der Waals surface area contributed by atoms with Crippen molar-refractivity contribution in [3.8, 4) is 0 Å². The molecule has 0 bridgehead atoms. The lowest BCUT2D eigenvalue weighted by atomic mass is 10.2. The summed E-state index contributed by atoms with van der Waals surface area (Å²) in [5.41, 5.74) is 0.450. The maximum absolute atomic E-state index is 12.6. The van der Waals surface area contributed by atoms with Gasteiger partial charge in [-0.2, -0.15) is 13.2 Å². The third-order valence-corrected chi connectivity index (χ3v) is 5.31. The molecule has 0 saturated carbocycles. The second-order valence-corrected chi connectivity index (χ2v) is 8.31. The van der Waals surface area contributed by atoms with Gasteiger partial charge in [0.25, 0.3) is 0 Å². The molecular weight excluding hydrogens is 419 g/mol. The fourth-order valence-corrected chi connectivity index (χ4v) is 4.02. The number of hydrogen-bond acceptors (Lipinski definition) is 5. The van der Waals surface area contributed by atoms with Crippen LogP contribution < -0.4 is 16.0 Å². The number of amides is 3. The summed E-state index contributed by atoms with van der Waals surface area (Å²) in [6.07, 6.45) is -3.77. The summed E-state index contributed by atoms with van der Waals surface area (Å²) in [7, 11) is 0. The van der Waals surface area contributed by atoms with E-state index in [1.807, 2.05) is 18.7 Å². The Hall–Kier alpha value is -2.66. The molecule has 3 amide bonds. The van der Waals surface area contributed by atoms with Crippen LogP contribution in [-0.4, -0.2) is 41.0 Å². The van der Waals surface area contributed by atoms with Crippen LogP contribution in [0.1, 0.15) is 30.0 Å². The van der Waals surface area contributed by atoms with Gasteiger partial charge in [-0.1, -0.05) is 0 Å². The third kappa shape index (κ3) is 5.92. The van der Waals surface area contributed by atoms with Gasteiger partial charge < -0.3 is 10.6 Å². The average molecular weight is 441 g/mol. The van der Waals surface area contributed by atoms with Gasteiger partial charge in [0.1, 0.15) is 0 Å². The zero-order valence-corrected chi connectivity index (χ0v) is 17.3. The molecule has 11 heteroatoms. The number of benzene rings is 1. The largest absolute Gasteiger partial charge is 0.416 e. The molecule has 0 radical (unpaired) electrons. The molecule has 162 valence electrons. The predicted octanol–water partition coefficient (Wildman–Crippen LogP) is 3.69. The van der Waals surface area contributed by atoms with Gasteiger partial charge in [-0.05, 0) is 38.1 Å². The number of nitrogens with one attached hydrogen (secondary N) is 3. The molecule has 0 spiro atoms. The lowest BCUT2D eigenvalue weighted by Gasteiger charge is -2.25. The molecule has 30 heavy (non-hydrogen) atoms. The SMILES string of the molecule is CC(C)NC(=O)Nc1nc2c(s1)CN(CC(=O)Nc1ccc(C(F)(F)F)cc1)CC2. The molecule has 0 fully saturated rings. The monoisotopic (exact) mass is 441 g/mol. The summed E-state index contributed by atoms with van der Waals surface area (Å²) in [5.74, 6) is -0.308. The maximum atomic E-state index is 12.6. The number of thiazole rings is 1. The first-order valence-corrected chi connectivity index (χ1v) is 10.2. The highest BCUT2D eigenvalue weighted by molar-refractivity contribution is 7.15. The summed E-state index contributed by atoms with van der Waals surface area (Å²) in [6.45, 7) is 4.96. The molecule has 1 aliphatic rings. The van der Waals surface area contributed by atoms with E-state index in [1.54, 1.807) is 0 Å². The van der Waals surface area contributed by atoms with Crippen molar-refractivity contribution in [1.29, 1.82) is 0 Å². The third-order valence-electron chi connectivity index (χ3n) is 4.31. The number of carbonyl (C=O) groups excluding carboxylic acids is 2. The van der Waals surface area contributed by atoms with Crippen molar-refractivity contribution in [2.75, 3.05) is 23.7 Å². The van der Waals surface area contributed by atoms with E-state index in [2.05, 4.69) is 20.9 Å². The van der Waals surface area contributed by atoms with Crippen molar-refractivity contribution in [2.45, 2.75) is 39.0 Å². The Balaban J connectivity index is 1.53. The number of fused-ring (bicyclic) bond motifs is 1. The maximum Gasteiger partial charge on any atom is 0.416 e. The second-order valence-electron chi connectivity index (χ2n) is 7.23.